The topological polar surface area (TPSA) is 54.0 Å². The number of carbonyl (C=O) groups excluding carboxylic acids is 1. The lowest BCUT2D eigenvalue weighted by Crippen LogP contribution is -2.53. The van der Waals surface area contributed by atoms with Crippen molar-refractivity contribution in [1.29, 1.82) is 0 Å². The lowest BCUT2D eigenvalue weighted by molar-refractivity contribution is -0.203. The molecule has 2 heterocycles. The zero-order chi connectivity index (χ0) is 15.9. The average Bonchev–Trinajstić information content (AvgIpc) is 2.78. The van der Waals surface area contributed by atoms with Gasteiger partial charge >= 0.3 is 5.97 Å². The van der Waals surface area contributed by atoms with Gasteiger partial charge in [-0.05, 0) is 26.3 Å². The molecule has 5 heteroatoms. The van der Waals surface area contributed by atoms with Crippen LogP contribution in [0.1, 0.15) is 39.4 Å². The second kappa shape index (κ2) is 5.65. The van der Waals surface area contributed by atoms with Crippen LogP contribution in [0, 0.1) is 0 Å². The molecular formula is C17H22O5. The van der Waals surface area contributed by atoms with Crippen molar-refractivity contribution in [3.8, 4) is 0 Å². The van der Waals surface area contributed by atoms with Crippen molar-refractivity contribution >= 4 is 5.97 Å². The van der Waals surface area contributed by atoms with Gasteiger partial charge in [-0.3, -0.25) is 4.79 Å². The molecule has 120 valence electrons. The SMILES string of the molecule is CC(=O)O[C@H]1[C@@H]2OC(C)(C)O[C@@H]2[C@@H](c2ccccc2)O[C@H]1C. The predicted molar refractivity (Wildman–Crippen MR) is 79.1 cm³/mol. The molecule has 2 saturated heterocycles. The van der Waals surface area contributed by atoms with Crippen LogP contribution in [0.25, 0.3) is 0 Å². The number of esters is 1. The van der Waals surface area contributed by atoms with Crippen molar-refractivity contribution in [3.05, 3.63) is 35.9 Å². The van der Waals surface area contributed by atoms with Gasteiger partial charge in [0, 0.05) is 6.92 Å². The molecule has 5 atom stereocenters. The van der Waals surface area contributed by atoms with E-state index in [9.17, 15) is 4.79 Å². The van der Waals surface area contributed by atoms with Crippen LogP contribution < -0.4 is 0 Å². The third kappa shape index (κ3) is 2.89. The second-order valence-corrected chi connectivity index (χ2v) is 6.31. The maximum atomic E-state index is 11.4. The Bertz CT molecular complexity index is 541. The molecule has 0 bridgehead atoms. The number of hydrogen-bond acceptors (Lipinski definition) is 5. The fourth-order valence-corrected chi connectivity index (χ4v) is 3.22. The quantitative estimate of drug-likeness (QED) is 0.786. The van der Waals surface area contributed by atoms with Crippen molar-refractivity contribution < 1.29 is 23.7 Å². The van der Waals surface area contributed by atoms with Gasteiger partial charge in [0.05, 0.1) is 6.10 Å². The summed E-state index contributed by atoms with van der Waals surface area (Å²) in [6.07, 6.45) is -1.63. The van der Waals surface area contributed by atoms with Gasteiger partial charge in [-0.25, -0.2) is 0 Å². The van der Waals surface area contributed by atoms with E-state index < -0.39 is 11.9 Å². The van der Waals surface area contributed by atoms with E-state index in [0.29, 0.717) is 0 Å². The summed E-state index contributed by atoms with van der Waals surface area (Å²) in [5.41, 5.74) is 1.03. The van der Waals surface area contributed by atoms with E-state index in [2.05, 4.69) is 0 Å². The molecule has 0 spiro atoms. The van der Waals surface area contributed by atoms with Crippen LogP contribution in [0.2, 0.25) is 0 Å². The number of fused-ring (bicyclic) bond motifs is 1. The summed E-state index contributed by atoms with van der Waals surface area (Å²) < 4.78 is 23.6. The highest BCUT2D eigenvalue weighted by atomic mass is 16.8. The molecule has 3 rings (SSSR count). The average molecular weight is 306 g/mol. The molecule has 1 aromatic rings. The highest BCUT2D eigenvalue weighted by Gasteiger charge is 2.55. The highest BCUT2D eigenvalue weighted by molar-refractivity contribution is 5.66. The van der Waals surface area contributed by atoms with Crippen molar-refractivity contribution in [2.24, 2.45) is 0 Å². The van der Waals surface area contributed by atoms with E-state index in [0.717, 1.165) is 5.56 Å². The van der Waals surface area contributed by atoms with Crippen molar-refractivity contribution in [1.82, 2.24) is 0 Å². The standard InChI is InChI=1S/C17H22O5/c1-10-13(20-11(2)18)15-16(22-17(3,4)21-15)14(19-10)12-8-6-5-7-9-12/h5-10,13-16H,1-4H3/t10-,13+,14+,15-,16+/m0/s1. The summed E-state index contributed by atoms with van der Waals surface area (Å²) in [4.78, 5) is 11.4. The first-order valence-electron chi connectivity index (χ1n) is 7.61. The van der Waals surface area contributed by atoms with Crippen LogP contribution in [0.15, 0.2) is 30.3 Å². The molecule has 0 aromatic heterocycles. The zero-order valence-corrected chi connectivity index (χ0v) is 13.3. The van der Waals surface area contributed by atoms with Gasteiger partial charge in [-0.1, -0.05) is 30.3 Å². The molecule has 0 unspecified atom stereocenters. The normalized spacial score (nSPS) is 36.6. The molecule has 0 radical (unpaired) electrons. The molecule has 2 aliphatic rings. The summed E-state index contributed by atoms with van der Waals surface area (Å²) in [7, 11) is 0. The highest BCUT2D eigenvalue weighted by Crippen LogP contribution is 2.44. The van der Waals surface area contributed by atoms with E-state index in [1.807, 2.05) is 51.1 Å². The van der Waals surface area contributed by atoms with Crippen molar-refractivity contribution in [3.63, 3.8) is 0 Å². The smallest absolute Gasteiger partial charge is 0.303 e. The second-order valence-electron chi connectivity index (χ2n) is 6.31. The van der Waals surface area contributed by atoms with Crippen LogP contribution in [0.4, 0.5) is 0 Å². The largest absolute Gasteiger partial charge is 0.457 e. The Hall–Kier alpha value is -1.43. The number of hydrogen-bond donors (Lipinski definition) is 0. The van der Waals surface area contributed by atoms with Crippen LogP contribution in [0.5, 0.6) is 0 Å². The molecule has 0 N–H and O–H groups in total. The number of rotatable bonds is 2. The molecule has 1 aromatic carbocycles. The monoisotopic (exact) mass is 306 g/mol. The van der Waals surface area contributed by atoms with Gasteiger partial charge in [-0.2, -0.15) is 0 Å². The molecule has 2 aliphatic heterocycles. The Kier molecular flexibility index (Phi) is 3.97. The fourth-order valence-electron chi connectivity index (χ4n) is 3.22. The van der Waals surface area contributed by atoms with E-state index in [1.54, 1.807) is 0 Å². The van der Waals surface area contributed by atoms with Gasteiger partial charge in [0.15, 0.2) is 11.9 Å². The molecule has 5 nitrogen and oxygen atoms in total. The first kappa shape index (κ1) is 15.5. The first-order valence-corrected chi connectivity index (χ1v) is 7.61. The summed E-state index contributed by atoms with van der Waals surface area (Å²) in [6, 6.07) is 9.92. The van der Waals surface area contributed by atoms with E-state index in [1.165, 1.54) is 6.92 Å². The Balaban J connectivity index is 1.92. The van der Waals surface area contributed by atoms with E-state index in [-0.39, 0.29) is 30.4 Å². The Morgan fingerprint density at radius 2 is 1.77 bits per heavy atom. The minimum Gasteiger partial charge on any atom is -0.457 e. The van der Waals surface area contributed by atoms with Crippen molar-refractivity contribution in [2.45, 2.75) is 64.0 Å². The summed E-state index contributed by atoms with van der Waals surface area (Å²) in [6.45, 7) is 7.02. The molecule has 22 heavy (non-hydrogen) atoms. The molecule has 2 fully saturated rings. The zero-order valence-electron chi connectivity index (χ0n) is 13.3. The Morgan fingerprint density at radius 1 is 1.14 bits per heavy atom. The maximum absolute atomic E-state index is 11.4. The number of ether oxygens (including phenoxy) is 4. The number of carbonyl (C=O) groups is 1. The summed E-state index contributed by atoms with van der Waals surface area (Å²) in [5.74, 6) is -1.07. The summed E-state index contributed by atoms with van der Waals surface area (Å²) >= 11 is 0. The number of benzene rings is 1. The Labute approximate surface area is 130 Å². The lowest BCUT2D eigenvalue weighted by Gasteiger charge is -2.40. The minimum atomic E-state index is -0.728. The molecular weight excluding hydrogens is 284 g/mol. The molecule has 0 aliphatic carbocycles. The predicted octanol–water partition coefficient (Wildman–Crippen LogP) is 2.60. The molecule has 0 saturated carbocycles. The fraction of sp³-hybridized carbons (Fsp3) is 0.588. The van der Waals surface area contributed by atoms with Gasteiger partial charge in [-0.15, -0.1) is 0 Å². The Morgan fingerprint density at radius 3 is 2.41 bits per heavy atom. The molecule has 0 amide bonds. The van der Waals surface area contributed by atoms with E-state index >= 15 is 0 Å². The van der Waals surface area contributed by atoms with Gasteiger partial charge in [0.25, 0.3) is 0 Å². The van der Waals surface area contributed by atoms with Gasteiger partial charge < -0.3 is 18.9 Å². The lowest BCUT2D eigenvalue weighted by atomic mass is 9.91. The van der Waals surface area contributed by atoms with Crippen LogP contribution in [0.3, 0.4) is 0 Å². The first-order chi connectivity index (χ1) is 10.4. The maximum Gasteiger partial charge on any atom is 0.303 e. The van der Waals surface area contributed by atoms with Gasteiger partial charge in [0.2, 0.25) is 0 Å². The minimum absolute atomic E-state index is 0.241. The van der Waals surface area contributed by atoms with Gasteiger partial charge in [0.1, 0.15) is 18.3 Å². The third-order valence-electron chi connectivity index (χ3n) is 4.04. The van der Waals surface area contributed by atoms with Crippen LogP contribution >= 0.6 is 0 Å². The van der Waals surface area contributed by atoms with E-state index in [4.69, 9.17) is 18.9 Å². The third-order valence-corrected chi connectivity index (χ3v) is 4.04. The van der Waals surface area contributed by atoms with Crippen LogP contribution in [-0.2, 0) is 23.7 Å². The van der Waals surface area contributed by atoms with Crippen molar-refractivity contribution in [2.75, 3.05) is 0 Å². The van der Waals surface area contributed by atoms with Crippen LogP contribution in [-0.4, -0.2) is 36.2 Å². The summed E-state index contributed by atoms with van der Waals surface area (Å²) in [5, 5.41) is 0.